The van der Waals surface area contributed by atoms with Crippen molar-refractivity contribution in [3.63, 3.8) is 0 Å². The molecular formula is C32H41N3O6S. The maximum Gasteiger partial charge on any atom is 0.264 e. The molecule has 3 rings (SSSR count). The maximum absolute atomic E-state index is 14.2. The van der Waals surface area contributed by atoms with E-state index in [1.807, 2.05) is 33.8 Å². The van der Waals surface area contributed by atoms with Gasteiger partial charge in [0.05, 0.1) is 24.8 Å². The smallest absolute Gasteiger partial charge is 0.264 e. The third-order valence-electron chi connectivity index (χ3n) is 7.10. The third kappa shape index (κ3) is 8.03. The van der Waals surface area contributed by atoms with Gasteiger partial charge in [0.1, 0.15) is 24.1 Å². The van der Waals surface area contributed by atoms with Gasteiger partial charge in [0.15, 0.2) is 0 Å². The van der Waals surface area contributed by atoms with Crippen molar-refractivity contribution in [1.29, 1.82) is 0 Å². The van der Waals surface area contributed by atoms with Crippen LogP contribution in [0.25, 0.3) is 0 Å². The van der Waals surface area contributed by atoms with Gasteiger partial charge >= 0.3 is 0 Å². The van der Waals surface area contributed by atoms with Crippen molar-refractivity contribution in [2.75, 3.05) is 25.1 Å². The number of ether oxygens (including phenoxy) is 2. The van der Waals surface area contributed by atoms with Crippen LogP contribution in [0.15, 0.2) is 77.7 Å². The number of methoxy groups -OCH3 is 2. The Morgan fingerprint density at radius 1 is 0.881 bits per heavy atom. The van der Waals surface area contributed by atoms with Crippen LogP contribution < -0.4 is 19.1 Å². The molecule has 2 amide bonds. The molecule has 0 aromatic heterocycles. The average Bonchev–Trinajstić information content (AvgIpc) is 2.99. The second kappa shape index (κ2) is 14.7. The minimum Gasteiger partial charge on any atom is -0.497 e. The number of rotatable bonds is 14. The van der Waals surface area contributed by atoms with Gasteiger partial charge in [0.2, 0.25) is 11.8 Å². The van der Waals surface area contributed by atoms with E-state index < -0.39 is 28.5 Å². The predicted octanol–water partition coefficient (Wildman–Crippen LogP) is 4.93. The summed E-state index contributed by atoms with van der Waals surface area (Å²) in [7, 11) is -1.13. The average molecular weight is 596 g/mol. The van der Waals surface area contributed by atoms with Gasteiger partial charge < -0.3 is 19.7 Å². The first-order valence-corrected chi connectivity index (χ1v) is 15.4. The zero-order chi connectivity index (χ0) is 30.9. The van der Waals surface area contributed by atoms with E-state index in [2.05, 4.69) is 5.32 Å². The summed E-state index contributed by atoms with van der Waals surface area (Å²) in [4.78, 5) is 29.1. The normalized spacial score (nSPS) is 12.6. The van der Waals surface area contributed by atoms with Crippen LogP contribution in [0, 0.1) is 6.92 Å². The number of carbonyl (C=O) groups is 2. The van der Waals surface area contributed by atoms with Gasteiger partial charge in [-0.2, -0.15) is 0 Å². The van der Waals surface area contributed by atoms with Crippen molar-refractivity contribution in [2.24, 2.45) is 0 Å². The molecule has 0 aliphatic carbocycles. The summed E-state index contributed by atoms with van der Waals surface area (Å²) in [5, 5.41) is 2.98. The quantitative estimate of drug-likeness (QED) is 0.283. The highest BCUT2D eigenvalue weighted by molar-refractivity contribution is 7.92. The minimum atomic E-state index is -4.17. The molecule has 2 atom stereocenters. The van der Waals surface area contributed by atoms with Crippen molar-refractivity contribution in [3.05, 3.63) is 83.9 Å². The van der Waals surface area contributed by atoms with E-state index in [4.69, 9.17) is 9.47 Å². The standard InChI is InChI=1S/C32H41N3O6S/c1-7-24(4)33-32(37)30(8-2)34(21-25-11-9-13-27(19-25)40-5)31(36)22-35(26-12-10-14-28(20-26)41-6)42(38,39)29-17-15-23(3)16-18-29/h9-20,24,30H,7-8,21-22H2,1-6H3,(H,33,37)/t24-,30-/m0/s1. The third-order valence-corrected chi connectivity index (χ3v) is 8.89. The molecule has 42 heavy (non-hydrogen) atoms. The van der Waals surface area contributed by atoms with Gasteiger partial charge in [-0.1, -0.05) is 49.7 Å². The second-order valence-electron chi connectivity index (χ2n) is 10.1. The van der Waals surface area contributed by atoms with Crippen molar-refractivity contribution < 1.29 is 27.5 Å². The fourth-order valence-electron chi connectivity index (χ4n) is 4.46. The molecule has 0 saturated heterocycles. The number of anilines is 1. The van der Waals surface area contributed by atoms with E-state index in [9.17, 15) is 18.0 Å². The molecule has 3 aromatic rings. The summed E-state index contributed by atoms with van der Waals surface area (Å²) >= 11 is 0. The van der Waals surface area contributed by atoms with Gasteiger partial charge in [-0.15, -0.1) is 0 Å². The Morgan fingerprint density at radius 3 is 2.10 bits per heavy atom. The second-order valence-corrected chi connectivity index (χ2v) is 12.0. The fraction of sp³-hybridized carbons (Fsp3) is 0.375. The molecule has 0 spiro atoms. The van der Waals surface area contributed by atoms with Crippen LogP contribution in [0.4, 0.5) is 5.69 Å². The molecule has 0 saturated carbocycles. The molecule has 3 aromatic carbocycles. The van der Waals surface area contributed by atoms with Crippen LogP contribution in [-0.2, 0) is 26.2 Å². The van der Waals surface area contributed by atoms with Crippen LogP contribution in [0.5, 0.6) is 11.5 Å². The molecule has 226 valence electrons. The molecular weight excluding hydrogens is 554 g/mol. The fourth-order valence-corrected chi connectivity index (χ4v) is 5.87. The van der Waals surface area contributed by atoms with Crippen molar-refractivity contribution in [3.8, 4) is 11.5 Å². The topological polar surface area (TPSA) is 105 Å². The Balaban J connectivity index is 2.09. The zero-order valence-corrected chi connectivity index (χ0v) is 26.0. The number of aryl methyl sites for hydroxylation is 1. The van der Waals surface area contributed by atoms with Crippen molar-refractivity contribution in [2.45, 2.75) is 64.1 Å². The van der Waals surface area contributed by atoms with Crippen LogP contribution >= 0.6 is 0 Å². The SMILES string of the molecule is CC[C@H](C)NC(=O)[C@H](CC)N(Cc1cccc(OC)c1)C(=O)CN(c1cccc(OC)c1)S(=O)(=O)c1ccc(C)cc1. The van der Waals surface area contributed by atoms with Gasteiger partial charge in [0.25, 0.3) is 10.0 Å². The zero-order valence-electron chi connectivity index (χ0n) is 25.2. The lowest BCUT2D eigenvalue weighted by Crippen LogP contribution is -2.53. The maximum atomic E-state index is 14.2. The van der Waals surface area contributed by atoms with Crippen LogP contribution in [0.1, 0.15) is 44.7 Å². The molecule has 0 heterocycles. The van der Waals surface area contributed by atoms with E-state index >= 15 is 0 Å². The summed E-state index contributed by atoms with van der Waals surface area (Å²) in [6, 6.07) is 19.3. The first-order chi connectivity index (χ1) is 20.0. The Bertz CT molecular complexity index is 1460. The molecule has 0 fully saturated rings. The number of amides is 2. The van der Waals surface area contributed by atoms with Crippen LogP contribution in [-0.4, -0.2) is 58.0 Å². The Kier molecular flexibility index (Phi) is 11.4. The molecule has 0 aliphatic rings. The van der Waals surface area contributed by atoms with Crippen molar-refractivity contribution >= 4 is 27.5 Å². The molecule has 1 N–H and O–H groups in total. The summed E-state index contributed by atoms with van der Waals surface area (Å²) in [5.74, 6) is 0.230. The first-order valence-electron chi connectivity index (χ1n) is 14.0. The lowest BCUT2D eigenvalue weighted by Gasteiger charge is -2.33. The highest BCUT2D eigenvalue weighted by atomic mass is 32.2. The first kappa shape index (κ1) is 32.5. The van der Waals surface area contributed by atoms with E-state index in [1.54, 1.807) is 61.7 Å². The van der Waals surface area contributed by atoms with E-state index in [0.717, 1.165) is 21.9 Å². The lowest BCUT2D eigenvalue weighted by atomic mass is 10.1. The van der Waals surface area contributed by atoms with E-state index in [0.29, 0.717) is 17.9 Å². The van der Waals surface area contributed by atoms with E-state index in [1.165, 1.54) is 24.1 Å². The van der Waals surface area contributed by atoms with Gasteiger partial charge in [-0.05, 0) is 68.7 Å². The summed E-state index contributed by atoms with van der Waals surface area (Å²) in [6.07, 6.45) is 1.06. The predicted molar refractivity (Wildman–Crippen MR) is 164 cm³/mol. The lowest BCUT2D eigenvalue weighted by molar-refractivity contribution is -0.140. The number of hydrogen-bond donors (Lipinski definition) is 1. The van der Waals surface area contributed by atoms with Crippen LogP contribution in [0.2, 0.25) is 0 Å². The summed E-state index contributed by atoms with van der Waals surface area (Å²) in [5.41, 5.74) is 1.91. The Hall–Kier alpha value is -4.05. The number of benzene rings is 3. The molecule has 10 heteroatoms. The molecule has 0 unspecified atom stereocenters. The van der Waals surface area contributed by atoms with Crippen LogP contribution in [0.3, 0.4) is 0 Å². The summed E-state index contributed by atoms with van der Waals surface area (Å²) in [6.45, 7) is 7.12. The number of nitrogens with one attached hydrogen (secondary N) is 1. The van der Waals surface area contributed by atoms with Gasteiger partial charge in [0, 0.05) is 18.7 Å². The number of hydrogen-bond acceptors (Lipinski definition) is 6. The minimum absolute atomic E-state index is 0.0459. The molecule has 0 aliphatic heterocycles. The Morgan fingerprint density at radius 2 is 1.50 bits per heavy atom. The number of sulfonamides is 1. The number of carbonyl (C=O) groups excluding carboxylic acids is 2. The molecule has 9 nitrogen and oxygen atoms in total. The number of nitrogens with zero attached hydrogens (tertiary/aromatic N) is 2. The monoisotopic (exact) mass is 595 g/mol. The molecule has 0 radical (unpaired) electrons. The van der Waals surface area contributed by atoms with Gasteiger partial charge in [-0.3, -0.25) is 13.9 Å². The molecule has 0 bridgehead atoms. The summed E-state index contributed by atoms with van der Waals surface area (Å²) < 4.78 is 39.8. The van der Waals surface area contributed by atoms with E-state index in [-0.39, 0.29) is 29.1 Å². The van der Waals surface area contributed by atoms with Crippen molar-refractivity contribution in [1.82, 2.24) is 10.2 Å². The Labute approximate surface area is 249 Å². The highest BCUT2D eigenvalue weighted by Gasteiger charge is 2.34. The largest absolute Gasteiger partial charge is 0.497 e. The highest BCUT2D eigenvalue weighted by Crippen LogP contribution is 2.28. The van der Waals surface area contributed by atoms with Gasteiger partial charge in [-0.25, -0.2) is 8.42 Å².